The fraction of sp³-hybridized carbons (Fsp3) is 0.545. The molecule has 1 amide bonds. The molecular formula is C11H16BrN5O3. The van der Waals surface area contributed by atoms with E-state index >= 15 is 0 Å². The molecule has 1 saturated heterocycles. The van der Waals surface area contributed by atoms with Crippen molar-refractivity contribution in [2.45, 2.75) is 0 Å². The van der Waals surface area contributed by atoms with Gasteiger partial charge in [-0.25, -0.2) is 14.8 Å². The summed E-state index contributed by atoms with van der Waals surface area (Å²) >= 11 is 3.13. The molecule has 0 saturated carbocycles. The Balaban J connectivity index is 1.73. The van der Waals surface area contributed by atoms with Gasteiger partial charge in [0, 0.05) is 26.2 Å². The van der Waals surface area contributed by atoms with E-state index in [1.54, 1.807) is 0 Å². The summed E-state index contributed by atoms with van der Waals surface area (Å²) in [6.45, 7) is 4.45. The summed E-state index contributed by atoms with van der Waals surface area (Å²) in [6, 6.07) is 0. The van der Waals surface area contributed by atoms with Gasteiger partial charge in [0.2, 0.25) is 0 Å². The number of nitrogens with zero attached hydrogens (tertiary/aromatic N) is 3. The number of hydrogen-bond acceptors (Lipinski definition) is 7. The number of rotatable bonds is 4. The molecule has 110 valence electrons. The highest BCUT2D eigenvalue weighted by molar-refractivity contribution is 9.10. The molecule has 0 radical (unpaired) electrons. The molecule has 0 bridgehead atoms. The van der Waals surface area contributed by atoms with Gasteiger partial charge < -0.3 is 20.5 Å². The molecule has 0 aliphatic carbocycles. The fourth-order valence-electron chi connectivity index (χ4n) is 1.70. The van der Waals surface area contributed by atoms with Crippen molar-refractivity contribution in [2.24, 2.45) is 0 Å². The molecule has 1 aliphatic heterocycles. The van der Waals surface area contributed by atoms with Crippen LogP contribution in [0.4, 0.5) is 10.6 Å². The van der Waals surface area contributed by atoms with Gasteiger partial charge in [-0.2, -0.15) is 0 Å². The van der Waals surface area contributed by atoms with Crippen molar-refractivity contribution >= 4 is 27.8 Å². The minimum atomic E-state index is -0.600. The third-order valence-electron chi connectivity index (χ3n) is 2.73. The summed E-state index contributed by atoms with van der Waals surface area (Å²) in [5.74, 6) is 0.0553. The summed E-state index contributed by atoms with van der Waals surface area (Å²) in [4.78, 5) is 21.6. The summed E-state index contributed by atoms with van der Waals surface area (Å²) in [5, 5.41) is 2.64. The van der Waals surface area contributed by atoms with Crippen molar-refractivity contribution in [1.82, 2.24) is 20.2 Å². The third-order valence-corrected chi connectivity index (χ3v) is 3.11. The zero-order chi connectivity index (χ0) is 14.4. The number of hydrogen-bond donors (Lipinski definition) is 2. The van der Waals surface area contributed by atoms with Crippen LogP contribution in [0.2, 0.25) is 0 Å². The number of halogens is 1. The third kappa shape index (κ3) is 4.58. The molecule has 2 heterocycles. The van der Waals surface area contributed by atoms with Crippen LogP contribution in [0.1, 0.15) is 0 Å². The van der Waals surface area contributed by atoms with E-state index in [4.69, 9.17) is 15.2 Å². The molecule has 9 heteroatoms. The second-order valence-corrected chi connectivity index (χ2v) is 4.97. The van der Waals surface area contributed by atoms with Gasteiger partial charge in [-0.1, -0.05) is 0 Å². The molecule has 0 unspecified atom stereocenters. The standard InChI is InChI=1S/C11H16BrN5O3/c12-8-7-15-9(13)10(16-8)20-11(18)14-1-2-17-3-5-19-6-4-17/h7H,1-6H2,(H2,13,15)(H,14,18). The quantitative estimate of drug-likeness (QED) is 0.805. The zero-order valence-electron chi connectivity index (χ0n) is 10.8. The van der Waals surface area contributed by atoms with Gasteiger partial charge in [-0.3, -0.25) is 4.90 Å². The first kappa shape index (κ1) is 14.9. The van der Waals surface area contributed by atoms with Gasteiger partial charge in [-0.15, -0.1) is 0 Å². The molecule has 0 spiro atoms. The van der Waals surface area contributed by atoms with Gasteiger partial charge in [0.05, 0.1) is 19.4 Å². The Kier molecular flexibility index (Phi) is 5.50. The van der Waals surface area contributed by atoms with E-state index in [0.717, 1.165) is 32.8 Å². The number of carbonyl (C=O) groups excluding carboxylic acids is 1. The number of morpholine rings is 1. The van der Waals surface area contributed by atoms with Gasteiger partial charge in [-0.05, 0) is 15.9 Å². The van der Waals surface area contributed by atoms with Crippen LogP contribution in [-0.2, 0) is 4.74 Å². The highest BCUT2D eigenvalue weighted by Crippen LogP contribution is 2.17. The first-order valence-electron chi connectivity index (χ1n) is 6.19. The molecule has 1 fully saturated rings. The number of nitrogens with one attached hydrogen (secondary N) is 1. The fourth-order valence-corrected chi connectivity index (χ4v) is 1.96. The minimum absolute atomic E-state index is 0.0109. The van der Waals surface area contributed by atoms with Crippen LogP contribution in [0.5, 0.6) is 5.88 Å². The first-order chi connectivity index (χ1) is 9.65. The van der Waals surface area contributed by atoms with Crippen molar-refractivity contribution in [2.75, 3.05) is 45.1 Å². The van der Waals surface area contributed by atoms with E-state index in [2.05, 4.69) is 36.1 Å². The SMILES string of the molecule is Nc1ncc(Br)nc1OC(=O)NCCN1CCOCC1. The largest absolute Gasteiger partial charge is 0.414 e. The van der Waals surface area contributed by atoms with Crippen LogP contribution in [0.3, 0.4) is 0 Å². The van der Waals surface area contributed by atoms with Crippen LogP contribution in [0, 0.1) is 0 Å². The lowest BCUT2D eigenvalue weighted by Gasteiger charge is -2.26. The average Bonchev–Trinajstić information content (AvgIpc) is 2.44. The second-order valence-electron chi connectivity index (χ2n) is 4.15. The van der Waals surface area contributed by atoms with Crippen LogP contribution in [-0.4, -0.2) is 60.4 Å². The Labute approximate surface area is 124 Å². The normalized spacial score (nSPS) is 15.8. The average molecular weight is 346 g/mol. The molecule has 1 aliphatic rings. The van der Waals surface area contributed by atoms with Crippen molar-refractivity contribution in [1.29, 1.82) is 0 Å². The number of nitrogen functional groups attached to an aromatic ring is 1. The maximum absolute atomic E-state index is 11.6. The minimum Gasteiger partial charge on any atom is -0.387 e. The number of amides is 1. The topological polar surface area (TPSA) is 103 Å². The monoisotopic (exact) mass is 345 g/mol. The lowest BCUT2D eigenvalue weighted by molar-refractivity contribution is 0.0385. The highest BCUT2D eigenvalue weighted by Gasteiger charge is 2.12. The van der Waals surface area contributed by atoms with E-state index in [0.29, 0.717) is 11.1 Å². The van der Waals surface area contributed by atoms with Crippen molar-refractivity contribution in [3.05, 3.63) is 10.8 Å². The first-order valence-corrected chi connectivity index (χ1v) is 6.98. The lowest BCUT2D eigenvalue weighted by atomic mass is 10.4. The van der Waals surface area contributed by atoms with E-state index in [1.165, 1.54) is 6.20 Å². The van der Waals surface area contributed by atoms with E-state index in [-0.39, 0.29) is 11.7 Å². The molecule has 8 nitrogen and oxygen atoms in total. The van der Waals surface area contributed by atoms with E-state index < -0.39 is 6.09 Å². The highest BCUT2D eigenvalue weighted by atomic mass is 79.9. The Morgan fingerprint density at radius 3 is 3.05 bits per heavy atom. The van der Waals surface area contributed by atoms with Gasteiger partial charge in [0.1, 0.15) is 4.60 Å². The van der Waals surface area contributed by atoms with Crippen molar-refractivity contribution in [3.63, 3.8) is 0 Å². The number of carbonyl (C=O) groups is 1. The summed E-state index contributed by atoms with van der Waals surface area (Å²) in [7, 11) is 0. The molecule has 0 atom stereocenters. The summed E-state index contributed by atoms with van der Waals surface area (Å²) < 4.78 is 10.7. The molecule has 1 aromatic heterocycles. The van der Waals surface area contributed by atoms with E-state index in [1.807, 2.05) is 0 Å². The van der Waals surface area contributed by atoms with Crippen LogP contribution in [0.25, 0.3) is 0 Å². The van der Waals surface area contributed by atoms with Crippen LogP contribution >= 0.6 is 15.9 Å². The Hall–Kier alpha value is -1.45. The lowest BCUT2D eigenvalue weighted by Crippen LogP contribution is -2.41. The second kappa shape index (κ2) is 7.36. The van der Waals surface area contributed by atoms with Gasteiger partial charge in [0.25, 0.3) is 5.88 Å². The van der Waals surface area contributed by atoms with Crippen LogP contribution in [0.15, 0.2) is 10.8 Å². The molecule has 1 aromatic rings. The summed E-state index contributed by atoms with van der Waals surface area (Å²) in [5.41, 5.74) is 5.56. The predicted molar refractivity (Wildman–Crippen MR) is 75.4 cm³/mol. The molecule has 20 heavy (non-hydrogen) atoms. The Morgan fingerprint density at radius 1 is 1.55 bits per heavy atom. The molecule has 2 rings (SSSR count). The molecule has 0 aromatic carbocycles. The van der Waals surface area contributed by atoms with Gasteiger partial charge in [0.15, 0.2) is 5.82 Å². The number of ether oxygens (including phenoxy) is 2. The van der Waals surface area contributed by atoms with Crippen molar-refractivity contribution < 1.29 is 14.3 Å². The zero-order valence-corrected chi connectivity index (χ0v) is 12.4. The number of aromatic nitrogens is 2. The van der Waals surface area contributed by atoms with E-state index in [9.17, 15) is 4.79 Å². The molecule has 3 N–H and O–H groups in total. The van der Waals surface area contributed by atoms with Crippen molar-refractivity contribution in [3.8, 4) is 5.88 Å². The Bertz CT molecular complexity index is 467. The van der Waals surface area contributed by atoms with Crippen LogP contribution < -0.4 is 15.8 Å². The molecular weight excluding hydrogens is 330 g/mol. The number of anilines is 1. The maximum Gasteiger partial charge on any atom is 0.414 e. The maximum atomic E-state index is 11.6. The smallest absolute Gasteiger partial charge is 0.387 e. The summed E-state index contributed by atoms with van der Waals surface area (Å²) in [6.07, 6.45) is 0.829. The Morgan fingerprint density at radius 2 is 2.30 bits per heavy atom. The number of nitrogens with two attached hydrogens (primary N) is 1. The predicted octanol–water partition coefficient (Wildman–Crippen LogP) is 0.242. The van der Waals surface area contributed by atoms with Gasteiger partial charge >= 0.3 is 6.09 Å².